The van der Waals surface area contributed by atoms with Gasteiger partial charge in [0.2, 0.25) is 11.8 Å². The molecule has 1 aliphatic carbocycles. The molecule has 1 aliphatic heterocycles. The highest BCUT2D eigenvalue weighted by Gasteiger charge is 2.41. The van der Waals surface area contributed by atoms with Crippen molar-refractivity contribution in [1.29, 1.82) is 0 Å². The van der Waals surface area contributed by atoms with Crippen molar-refractivity contribution < 1.29 is 19.1 Å². The molecular formula is C20H29N3O4. The van der Waals surface area contributed by atoms with Gasteiger partial charge in [-0.2, -0.15) is 0 Å². The van der Waals surface area contributed by atoms with Crippen molar-refractivity contribution in [3.8, 4) is 11.5 Å². The van der Waals surface area contributed by atoms with Crippen molar-refractivity contribution in [2.45, 2.75) is 31.7 Å². The Labute approximate surface area is 160 Å². The van der Waals surface area contributed by atoms with Crippen molar-refractivity contribution in [2.75, 3.05) is 39.3 Å². The first-order chi connectivity index (χ1) is 13.0. The zero-order valence-electron chi connectivity index (χ0n) is 16.3. The SMILES string of the molecule is COc1cc(OC)cc(N2CCC(N(C)C(=O)[C@@H]3CCC[C@@H]3CN)C2=O)c1. The van der Waals surface area contributed by atoms with E-state index in [0.717, 1.165) is 24.9 Å². The van der Waals surface area contributed by atoms with Crippen molar-refractivity contribution in [1.82, 2.24) is 4.90 Å². The van der Waals surface area contributed by atoms with Gasteiger partial charge in [-0.15, -0.1) is 0 Å². The average molecular weight is 375 g/mol. The zero-order valence-corrected chi connectivity index (χ0v) is 16.3. The summed E-state index contributed by atoms with van der Waals surface area (Å²) in [6.07, 6.45) is 3.50. The Hall–Kier alpha value is -2.28. The van der Waals surface area contributed by atoms with E-state index in [1.54, 1.807) is 37.1 Å². The molecule has 1 saturated carbocycles. The number of benzene rings is 1. The number of amides is 2. The number of nitrogens with two attached hydrogens (primary N) is 1. The lowest BCUT2D eigenvalue weighted by molar-refractivity contribution is -0.141. The fraction of sp³-hybridized carbons (Fsp3) is 0.600. The van der Waals surface area contributed by atoms with E-state index >= 15 is 0 Å². The number of hydrogen-bond donors (Lipinski definition) is 1. The lowest BCUT2D eigenvalue weighted by Gasteiger charge is -2.28. The van der Waals surface area contributed by atoms with Gasteiger partial charge in [0.05, 0.1) is 19.9 Å². The maximum atomic E-state index is 13.0. The van der Waals surface area contributed by atoms with E-state index in [-0.39, 0.29) is 23.7 Å². The Morgan fingerprint density at radius 2 is 1.85 bits per heavy atom. The molecule has 1 saturated heterocycles. The van der Waals surface area contributed by atoms with Crippen molar-refractivity contribution in [3.05, 3.63) is 18.2 Å². The lowest BCUT2D eigenvalue weighted by atomic mass is 9.94. The molecule has 2 fully saturated rings. The summed E-state index contributed by atoms with van der Waals surface area (Å²) in [6, 6.07) is 4.95. The number of methoxy groups -OCH3 is 2. The number of ether oxygens (including phenoxy) is 2. The van der Waals surface area contributed by atoms with E-state index in [0.29, 0.717) is 31.0 Å². The van der Waals surface area contributed by atoms with E-state index in [9.17, 15) is 9.59 Å². The summed E-state index contributed by atoms with van der Waals surface area (Å²) in [5.74, 6) is 1.41. The van der Waals surface area contributed by atoms with E-state index in [1.165, 1.54) is 0 Å². The predicted molar refractivity (Wildman–Crippen MR) is 103 cm³/mol. The molecule has 27 heavy (non-hydrogen) atoms. The topological polar surface area (TPSA) is 85.1 Å². The van der Waals surface area contributed by atoms with E-state index < -0.39 is 6.04 Å². The Morgan fingerprint density at radius 3 is 2.44 bits per heavy atom. The minimum absolute atomic E-state index is 0.0476. The number of hydrogen-bond acceptors (Lipinski definition) is 5. The molecule has 2 N–H and O–H groups in total. The zero-order chi connectivity index (χ0) is 19.6. The van der Waals surface area contributed by atoms with Crippen LogP contribution in [0.4, 0.5) is 5.69 Å². The number of carbonyl (C=O) groups is 2. The normalized spacial score (nSPS) is 25.0. The van der Waals surface area contributed by atoms with Crippen molar-refractivity contribution in [3.63, 3.8) is 0 Å². The fourth-order valence-corrected chi connectivity index (χ4v) is 4.29. The highest BCUT2D eigenvalue weighted by Crippen LogP contribution is 2.35. The van der Waals surface area contributed by atoms with Gasteiger partial charge in [-0.25, -0.2) is 0 Å². The molecule has 1 aromatic rings. The first-order valence-electron chi connectivity index (χ1n) is 9.51. The molecule has 1 heterocycles. The van der Waals surface area contributed by atoms with Gasteiger partial charge in [0, 0.05) is 37.7 Å². The van der Waals surface area contributed by atoms with Gasteiger partial charge >= 0.3 is 0 Å². The van der Waals surface area contributed by atoms with Crippen LogP contribution in [-0.2, 0) is 9.59 Å². The third kappa shape index (κ3) is 3.74. The maximum Gasteiger partial charge on any atom is 0.249 e. The maximum absolute atomic E-state index is 13.0. The first-order valence-corrected chi connectivity index (χ1v) is 9.51. The molecule has 7 heteroatoms. The number of rotatable bonds is 6. The summed E-state index contributed by atoms with van der Waals surface area (Å²) >= 11 is 0. The van der Waals surface area contributed by atoms with Gasteiger partial charge < -0.3 is 25.0 Å². The Balaban J connectivity index is 1.75. The van der Waals surface area contributed by atoms with Crippen LogP contribution in [0.5, 0.6) is 11.5 Å². The van der Waals surface area contributed by atoms with Gasteiger partial charge in [-0.3, -0.25) is 9.59 Å². The predicted octanol–water partition coefficient (Wildman–Crippen LogP) is 1.64. The third-order valence-electron chi connectivity index (χ3n) is 5.92. The highest BCUT2D eigenvalue weighted by atomic mass is 16.5. The van der Waals surface area contributed by atoms with Gasteiger partial charge in [0.1, 0.15) is 17.5 Å². The Bertz CT molecular complexity index is 686. The summed E-state index contributed by atoms with van der Waals surface area (Å²) in [7, 11) is 4.90. The largest absolute Gasteiger partial charge is 0.497 e. The summed E-state index contributed by atoms with van der Waals surface area (Å²) < 4.78 is 10.6. The lowest BCUT2D eigenvalue weighted by Crippen LogP contribution is -2.46. The Morgan fingerprint density at radius 1 is 1.19 bits per heavy atom. The minimum Gasteiger partial charge on any atom is -0.497 e. The second-order valence-electron chi connectivity index (χ2n) is 7.35. The number of anilines is 1. The molecule has 2 amide bonds. The van der Waals surface area contributed by atoms with Gasteiger partial charge in [-0.05, 0) is 31.7 Å². The van der Waals surface area contributed by atoms with Gasteiger partial charge in [-0.1, -0.05) is 6.42 Å². The summed E-state index contributed by atoms with van der Waals surface area (Å²) in [4.78, 5) is 29.3. The van der Waals surface area contributed by atoms with Gasteiger partial charge in [0.25, 0.3) is 0 Å². The monoisotopic (exact) mass is 375 g/mol. The van der Waals surface area contributed by atoms with Crippen LogP contribution in [0.1, 0.15) is 25.7 Å². The van der Waals surface area contributed by atoms with Crippen LogP contribution in [0.25, 0.3) is 0 Å². The molecule has 2 aliphatic rings. The standard InChI is InChI=1S/C20H29N3O4/c1-22(19(24)17-6-4-5-13(17)12-21)18-7-8-23(20(18)25)14-9-15(26-2)11-16(10-14)27-3/h9-11,13,17-18H,4-8,12,21H2,1-3H3/t13-,17-,18?/m1/s1. The Kier molecular flexibility index (Phi) is 5.89. The van der Waals surface area contributed by atoms with Crippen LogP contribution in [0.3, 0.4) is 0 Å². The van der Waals surface area contributed by atoms with Crippen LogP contribution >= 0.6 is 0 Å². The summed E-state index contributed by atoms with van der Waals surface area (Å²) in [5, 5.41) is 0. The molecule has 0 aromatic heterocycles. The molecule has 1 aromatic carbocycles. The smallest absolute Gasteiger partial charge is 0.249 e. The van der Waals surface area contributed by atoms with Crippen LogP contribution < -0.4 is 20.1 Å². The average Bonchev–Trinajstić information content (AvgIpc) is 3.32. The highest BCUT2D eigenvalue weighted by molar-refractivity contribution is 6.01. The molecular weight excluding hydrogens is 346 g/mol. The quantitative estimate of drug-likeness (QED) is 0.817. The second-order valence-corrected chi connectivity index (χ2v) is 7.35. The molecule has 3 atom stereocenters. The minimum atomic E-state index is -0.436. The summed E-state index contributed by atoms with van der Waals surface area (Å²) in [5.41, 5.74) is 6.55. The molecule has 7 nitrogen and oxygen atoms in total. The third-order valence-corrected chi connectivity index (χ3v) is 5.92. The molecule has 3 rings (SSSR count). The number of likely N-dealkylation sites (N-methyl/N-ethyl adjacent to an activating group) is 1. The van der Waals surface area contributed by atoms with Crippen LogP contribution in [0.2, 0.25) is 0 Å². The van der Waals surface area contributed by atoms with Gasteiger partial charge in [0.15, 0.2) is 0 Å². The fourth-order valence-electron chi connectivity index (χ4n) is 4.29. The molecule has 148 valence electrons. The molecule has 1 unspecified atom stereocenters. The molecule has 0 radical (unpaired) electrons. The van der Waals surface area contributed by atoms with E-state index in [1.807, 2.05) is 12.1 Å². The first kappa shape index (κ1) is 19.5. The number of nitrogens with zero attached hydrogens (tertiary/aromatic N) is 2. The van der Waals surface area contributed by atoms with Crippen LogP contribution in [0.15, 0.2) is 18.2 Å². The van der Waals surface area contributed by atoms with Crippen LogP contribution in [-0.4, -0.2) is 57.1 Å². The molecule has 0 spiro atoms. The summed E-state index contributed by atoms with van der Waals surface area (Å²) in [6.45, 7) is 1.08. The van der Waals surface area contributed by atoms with E-state index in [2.05, 4.69) is 0 Å². The van der Waals surface area contributed by atoms with Crippen molar-refractivity contribution in [2.24, 2.45) is 17.6 Å². The number of carbonyl (C=O) groups excluding carboxylic acids is 2. The van der Waals surface area contributed by atoms with Crippen LogP contribution in [0, 0.1) is 11.8 Å². The second kappa shape index (κ2) is 8.17. The molecule has 0 bridgehead atoms. The van der Waals surface area contributed by atoms with Crippen molar-refractivity contribution >= 4 is 17.5 Å². The van der Waals surface area contributed by atoms with E-state index in [4.69, 9.17) is 15.2 Å².